The first-order valence-electron chi connectivity index (χ1n) is 10.7. The number of fused-ring (bicyclic) bond motifs is 1. The van der Waals surface area contributed by atoms with Gasteiger partial charge in [-0.15, -0.1) is 0 Å². The van der Waals surface area contributed by atoms with Crippen LogP contribution in [-0.2, 0) is 11.2 Å². The van der Waals surface area contributed by atoms with Crippen molar-refractivity contribution in [2.75, 3.05) is 18.2 Å². The molecule has 1 aromatic heterocycles. The Kier molecular flexibility index (Phi) is 6.79. The Morgan fingerprint density at radius 3 is 2.67 bits per heavy atom. The SMILES string of the molecule is CCc1cccc(C)c1NC(=O)CSc1nc2ccccc2c(=O)n1-c1cccc(OC)c1. The minimum atomic E-state index is -0.191. The number of nitrogens with one attached hydrogen (secondary N) is 1. The highest BCUT2D eigenvalue weighted by Gasteiger charge is 2.16. The van der Waals surface area contributed by atoms with Gasteiger partial charge in [0.05, 0.1) is 29.5 Å². The second-order valence-electron chi connectivity index (χ2n) is 7.55. The van der Waals surface area contributed by atoms with Gasteiger partial charge in [-0.2, -0.15) is 0 Å². The Labute approximate surface area is 196 Å². The zero-order chi connectivity index (χ0) is 23.4. The molecule has 4 aromatic rings. The summed E-state index contributed by atoms with van der Waals surface area (Å²) >= 11 is 1.23. The van der Waals surface area contributed by atoms with Crippen molar-refractivity contribution in [1.82, 2.24) is 9.55 Å². The number of nitrogens with zero attached hydrogens (tertiary/aromatic N) is 2. The Bertz CT molecular complexity index is 1380. The van der Waals surface area contributed by atoms with E-state index in [1.807, 2.05) is 55.5 Å². The monoisotopic (exact) mass is 459 g/mol. The summed E-state index contributed by atoms with van der Waals surface area (Å²) in [5.74, 6) is 0.600. The lowest BCUT2D eigenvalue weighted by molar-refractivity contribution is -0.113. The first kappa shape index (κ1) is 22.6. The van der Waals surface area contributed by atoms with E-state index in [4.69, 9.17) is 9.72 Å². The molecule has 0 atom stereocenters. The summed E-state index contributed by atoms with van der Waals surface area (Å²) in [6.07, 6.45) is 0.825. The second kappa shape index (κ2) is 9.92. The predicted molar refractivity (Wildman–Crippen MR) is 134 cm³/mol. The Morgan fingerprint density at radius 1 is 1.09 bits per heavy atom. The lowest BCUT2D eigenvalue weighted by atomic mass is 10.1. The van der Waals surface area contributed by atoms with Gasteiger partial charge >= 0.3 is 0 Å². The van der Waals surface area contributed by atoms with E-state index in [-0.39, 0.29) is 17.2 Å². The van der Waals surface area contributed by atoms with E-state index in [1.54, 1.807) is 25.3 Å². The molecule has 0 radical (unpaired) electrons. The highest BCUT2D eigenvalue weighted by atomic mass is 32.2. The fourth-order valence-electron chi connectivity index (χ4n) is 3.69. The summed E-state index contributed by atoms with van der Waals surface area (Å²) in [6.45, 7) is 4.04. The predicted octanol–water partition coefficient (Wildman–Crippen LogP) is 5.00. The molecule has 6 nitrogen and oxygen atoms in total. The quantitative estimate of drug-likeness (QED) is 0.311. The molecule has 0 bridgehead atoms. The van der Waals surface area contributed by atoms with Crippen LogP contribution >= 0.6 is 11.8 Å². The van der Waals surface area contributed by atoms with Gasteiger partial charge in [-0.1, -0.05) is 55.1 Å². The number of anilines is 1. The molecule has 1 amide bonds. The maximum atomic E-state index is 13.4. The van der Waals surface area contributed by atoms with Gasteiger partial charge in [-0.25, -0.2) is 4.98 Å². The number of hydrogen-bond donors (Lipinski definition) is 1. The van der Waals surface area contributed by atoms with Crippen LogP contribution in [0, 0.1) is 6.92 Å². The minimum Gasteiger partial charge on any atom is -0.497 e. The van der Waals surface area contributed by atoms with E-state index in [1.165, 1.54) is 16.3 Å². The van der Waals surface area contributed by atoms with Gasteiger partial charge in [0.2, 0.25) is 5.91 Å². The summed E-state index contributed by atoms with van der Waals surface area (Å²) in [5, 5.41) is 4.00. The van der Waals surface area contributed by atoms with Crippen LogP contribution in [0.4, 0.5) is 5.69 Å². The molecule has 1 N–H and O–H groups in total. The van der Waals surface area contributed by atoms with Crippen molar-refractivity contribution in [3.05, 3.63) is 88.2 Å². The van der Waals surface area contributed by atoms with Crippen LogP contribution in [0.5, 0.6) is 5.75 Å². The van der Waals surface area contributed by atoms with Crippen LogP contribution < -0.4 is 15.6 Å². The molecule has 0 saturated heterocycles. The van der Waals surface area contributed by atoms with Gasteiger partial charge in [-0.05, 0) is 48.7 Å². The molecule has 0 aliphatic rings. The number of rotatable bonds is 7. The summed E-state index contributed by atoms with van der Waals surface area (Å²) in [4.78, 5) is 30.9. The smallest absolute Gasteiger partial charge is 0.266 e. The number of ether oxygens (including phenoxy) is 1. The Hall–Kier alpha value is -3.58. The number of aryl methyl sites for hydroxylation is 2. The van der Waals surface area contributed by atoms with Gasteiger partial charge in [0.25, 0.3) is 5.56 Å². The molecule has 168 valence electrons. The number of methoxy groups -OCH3 is 1. The third-order valence-electron chi connectivity index (χ3n) is 5.39. The molecule has 0 aliphatic heterocycles. The number of thioether (sulfide) groups is 1. The average molecular weight is 460 g/mol. The molecule has 0 spiro atoms. The first-order chi connectivity index (χ1) is 16.0. The topological polar surface area (TPSA) is 73.2 Å². The van der Waals surface area contributed by atoms with Crippen LogP contribution in [0.2, 0.25) is 0 Å². The molecular formula is C26H25N3O3S. The van der Waals surface area contributed by atoms with Gasteiger partial charge in [0.15, 0.2) is 5.16 Å². The minimum absolute atomic E-state index is 0.117. The van der Waals surface area contributed by atoms with Crippen LogP contribution in [0.15, 0.2) is 76.7 Å². The van der Waals surface area contributed by atoms with E-state index >= 15 is 0 Å². The van der Waals surface area contributed by atoms with E-state index in [9.17, 15) is 9.59 Å². The van der Waals surface area contributed by atoms with Crippen LogP contribution in [0.1, 0.15) is 18.1 Å². The zero-order valence-corrected chi connectivity index (χ0v) is 19.6. The van der Waals surface area contributed by atoms with E-state index in [2.05, 4.69) is 12.2 Å². The largest absolute Gasteiger partial charge is 0.497 e. The Morgan fingerprint density at radius 2 is 1.88 bits per heavy atom. The summed E-state index contributed by atoms with van der Waals surface area (Å²) < 4.78 is 6.87. The van der Waals surface area contributed by atoms with E-state index < -0.39 is 0 Å². The van der Waals surface area contributed by atoms with E-state index in [0.717, 1.165) is 23.2 Å². The summed E-state index contributed by atoms with van der Waals surface area (Å²) in [5.41, 5.74) is 3.99. The van der Waals surface area contributed by atoms with Gasteiger partial charge < -0.3 is 10.1 Å². The van der Waals surface area contributed by atoms with Crippen molar-refractivity contribution in [3.8, 4) is 11.4 Å². The third-order valence-corrected chi connectivity index (χ3v) is 6.33. The van der Waals surface area contributed by atoms with Crippen molar-refractivity contribution in [3.63, 3.8) is 0 Å². The van der Waals surface area contributed by atoms with Gasteiger partial charge in [0.1, 0.15) is 5.75 Å². The van der Waals surface area contributed by atoms with Crippen LogP contribution in [-0.4, -0.2) is 28.3 Å². The number of carbonyl (C=O) groups is 1. The molecule has 0 aliphatic carbocycles. The first-order valence-corrected chi connectivity index (χ1v) is 11.7. The fraction of sp³-hybridized carbons (Fsp3) is 0.192. The summed E-state index contributed by atoms with van der Waals surface area (Å²) in [6, 6.07) is 20.4. The van der Waals surface area contributed by atoms with Crippen molar-refractivity contribution in [1.29, 1.82) is 0 Å². The second-order valence-corrected chi connectivity index (χ2v) is 8.50. The maximum absolute atomic E-state index is 13.4. The molecule has 0 fully saturated rings. The lowest BCUT2D eigenvalue weighted by Crippen LogP contribution is -2.23. The number of amides is 1. The highest BCUT2D eigenvalue weighted by molar-refractivity contribution is 7.99. The van der Waals surface area contributed by atoms with Gasteiger partial charge in [-0.3, -0.25) is 14.2 Å². The van der Waals surface area contributed by atoms with Crippen molar-refractivity contribution in [2.24, 2.45) is 0 Å². The van der Waals surface area contributed by atoms with Crippen LogP contribution in [0.3, 0.4) is 0 Å². The van der Waals surface area contributed by atoms with Gasteiger partial charge in [0, 0.05) is 11.8 Å². The Balaban J connectivity index is 1.69. The molecule has 33 heavy (non-hydrogen) atoms. The van der Waals surface area contributed by atoms with Crippen molar-refractivity contribution < 1.29 is 9.53 Å². The lowest BCUT2D eigenvalue weighted by Gasteiger charge is -2.15. The molecule has 0 saturated carbocycles. The van der Waals surface area contributed by atoms with E-state index in [0.29, 0.717) is 27.5 Å². The number of benzene rings is 3. The number of carbonyl (C=O) groups excluding carboxylic acids is 1. The molecular weight excluding hydrogens is 434 g/mol. The average Bonchev–Trinajstić information content (AvgIpc) is 2.84. The highest BCUT2D eigenvalue weighted by Crippen LogP contribution is 2.25. The normalized spacial score (nSPS) is 10.9. The number of para-hydroxylation sites is 2. The number of hydrogen-bond acceptors (Lipinski definition) is 5. The van der Waals surface area contributed by atoms with Crippen molar-refractivity contribution >= 4 is 34.3 Å². The number of aromatic nitrogens is 2. The zero-order valence-electron chi connectivity index (χ0n) is 18.8. The summed E-state index contributed by atoms with van der Waals surface area (Å²) in [7, 11) is 1.58. The molecule has 3 aromatic carbocycles. The van der Waals surface area contributed by atoms with Crippen molar-refractivity contribution in [2.45, 2.75) is 25.4 Å². The molecule has 4 rings (SSSR count). The fourth-order valence-corrected chi connectivity index (χ4v) is 4.51. The maximum Gasteiger partial charge on any atom is 0.266 e. The molecule has 1 heterocycles. The third kappa shape index (κ3) is 4.78. The molecule has 0 unspecified atom stereocenters. The standard InChI is InChI=1S/C26H25N3O3S/c1-4-18-10-7-9-17(2)24(18)28-23(30)16-33-26-27-22-14-6-5-13-21(22)25(31)29(26)19-11-8-12-20(15-19)32-3/h5-15H,4,16H2,1-3H3,(H,28,30). The van der Waals surface area contributed by atoms with Crippen LogP contribution in [0.25, 0.3) is 16.6 Å². The molecule has 7 heteroatoms.